The number of amides is 2. The number of hydrogen-bond donors (Lipinski definition) is 2. The highest BCUT2D eigenvalue weighted by Crippen LogP contribution is 2.31. The normalized spacial score (nSPS) is 23.2. The van der Waals surface area contributed by atoms with E-state index in [1.807, 2.05) is 0 Å². The van der Waals surface area contributed by atoms with Crippen LogP contribution in [0.5, 0.6) is 0 Å². The summed E-state index contributed by atoms with van der Waals surface area (Å²) in [5.74, 6) is 0.261. The largest absolute Gasteiger partial charge is 0.378 e. The highest BCUT2D eigenvalue weighted by atomic mass is 35.5. The fourth-order valence-corrected chi connectivity index (χ4v) is 3.47. The standard InChI is InChI=1S/C16H25N5O3.ClH/c17-8-12-2-1-3-14(12)16(23)19-13-9-18-21(10-13)11-15(22)20-4-6-24-7-5-20;/h9-10,12,14H,1-8,11,17H2,(H,19,23);1H/t12-,14-;/m1./s1. The number of carbonyl (C=O) groups excluding carboxylic acids is 2. The monoisotopic (exact) mass is 371 g/mol. The molecule has 0 radical (unpaired) electrons. The van der Waals surface area contributed by atoms with E-state index in [1.54, 1.807) is 22.0 Å². The molecule has 2 heterocycles. The number of rotatable bonds is 5. The first kappa shape index (κ1) is 19.7. The number of halogens is 1. The van der Waals surface area contributed by atoms with E-state index < -0.39 is 0 Å². The van der Waals surface area contributed by atoms with Gasteiger partial charge in [0.05, 0.1) is 25.1 Å². The average Bonchev–Trinajstić information content (AvgIpc) is 3.24. The van der Waals surface area contributed by atoms with E-state index >= 15 is 0 Å². The van der Waals surface area contributed by atoms with Crippen molar-refractivity contribution in [2.24, 2.45) is 17.6 Å². The van der Waals surface area contributed by atoms with Gasteiger partial charge in [-0.3, -0.25) is 14.3 Å². The summed E-state index contributed by atoms with van der Waals surface area (Å²) in [4.78, 5) is 26.3. The van der Waals surface area contributed by atoms with Gasteiger partial charge in [-0.25, -0.2) is 0 Å². The smallest absolute Gasteiger partial charge is 0.244 e. The zero-order valence-electron chi connectivity index (χ0n) is 14.2. The van der Waals surface area contributed by atoms with Crippen molar-refractivity contribution in [2.45, 2.75) is 25.8 Å². The molecule has 1 aliphatic heterocycles. The van der Waals surface area contributed by atoms with Crippen LogP contribution in [0.4, 0.5) is 5.69 Å². The maximum Gasteiger partial charge on any atom is 0.244 e. The Morgan fingerprint density at radius 1 is 1.32 bits per heavy atom. The predicted octanol–water partition coefficient (Wildman–Crippen LogP) is 0.477. The second kappa shape index (κ2) is 9.17. The summed E-state index contributed by atoms with van der Waals surface area (Å²) in [5.41, 5.74) is 6.36. The minimum absolute atomic E-state index is 0. The molecular weight excluding hydrogens is 346 g/mol. The number of anilines is 1. The van der Waals surface area contributed by atoms with Gasteiger partial charge in [0, 0.05) is 25.2 Å². The lowest BCUT2D eigenvalue weighted by Gasteiger charge is -2.26. The Morgan fingerprint density at radius 3 is 2.80 bits per heavy atom. The van der Waals surface area contributed by atoms with E-state index in [0.29, 0.717) is 38.5 Å². The van der Waals surface area contributed by atoms with Gasteiger partial charge in [-0.1, -0.05) is 6.42 Å². The van der Waals surface area contributed by atoms with Crippen molar-refractivity contribution < 1.29 is 14.3 Å². The van der Waals surface area contributed by atoms with Gasteiger partial charge in [0.15, 0.2) is 0 Å². The second-order valence-corrected chi connectivity index (χ2v) is 6.44. The molecule has 0 unspecified atom stereocenters. The predicted molar refractivity (Wildman–Crippen MR) is 95.4 cm³/mol. The lowest BCUT2D eigenvalue weighted by atomic mass is 9.95. The molecule has 140 valence electrons. The van der Waals surface area contributed by atoms with Crippen LogP contribution in [0, 0.1) is 11.8 Å². The third-order valence-electron chi connectivity index (χ3n) is 4.86. The molecular formula is C16H26ClN5O3. The summed E-state index contributed by atoms with van der Waals surface area (Å²) in [6.45, 7) is 3.11. The average molecular weight is 372 g/mol. The zero-order chi connectivity index (χ0) is 16.9. The van der Waals surface area contributed by atoms with Gasteiger partial charge in [-0.15, -0.1) is 12.4 Å². The molecule has 2 fully saturated rings. The van der Waals surface area contributed by atoms with Crippen LogP contribution in [0.1, 0.15) is 19.3 Å². The summed E-state index contributed by atoms with van der Waals surface area (Å²) in [7, 11) is 0. The Kier molecular flexibility index (Phi) is 7.22. The van der Waals surface area contributed by atoms with Gasteiger partial charge < -0.3 is 20.7 Å². The first-order valence-electron chi connectivity index (χ1n) is 8.56. The molecule has 0 aromatic carbocycles. The van der Waals surface area contributed by atoms with Gasteiger partial charge in [0.25, 0.3) is 0 Å². The van der Waals surface area contributed by atoms with Gasteiger partial charge in [0.1, 0.15) is 6.54 Å². The maximum absolute atomic E-state index is 12.4. The fourth-order valence-electron chi connectivity index (χ4n) is 3.47. The van der Waals surface area contributed by atoms with Crippen LogP contribution >= 0.6 is 12.4 Å². The topological polar surface area (TPSA) is 102 Å². The first-order chi connectivity index (χ1) is 11.7. The SMILES string of the molecule is Cl.NC[C@H]1CCC[C@H]1C(=O)Nc1cnn(CC(=O)N2CCOCC2)c1. The molecule has 1 saturated heterocycles. The molecule has 8 nitrogen and oxygen atoms in total. The molecule has 2 atom stereocenters. The summed E-state index contributed by atoms with van der Waals surface area (Å²) in [5, 5.41) is 7.07. The molecule has 3 N–H and O–H groups in total. The van der Waals surface area contributed by atoms with Gasteiger partial charge in [-0.2, -0.15) is 5.10 Å². The molecule has 25 heavy (non-hydrogen) atoms. The zero-order valence-corrected chi connectivity index (χ0v) is 15.0. The van der Waals surface area contributed by atoms with E-state index in [9.17, 15) is 9.59 Å². The second-order valence-electron chi connectivity index (χ2n) is 6.44. The van der Waals surface area contributed by atoms with Gasteiger partial charge in [-0.05, 0) is 25.3 Å². The summed E-state index contributed by atoms with van der Waals surface area (Å²) in [6, 6.07) is 0. The highest BCUT2D eigenvalue weighted by molar-refractivity contribution is 5.92. The molecule has 1 aliphatic carbocycles. The highest BCUT2D eigenvalue weighted by Gasteiger charge is 2.32. The van der Waals surface area contributed by atoms with E-state index in [1.165, 1.54) is 0 Å². The molecule has 1 aromatic heterocycles. The van der Waals surface area contributed by atoms with E-state index in [0.717, 1.165) is 19.3 Å². The van der Waals surface area contributed by atoms with Crippen LogP contribution in [0.3, 0.4) is 0 Å². The Balaban J connectivity index is 0.00000225. The van der Waals surface area contributed by atoms with Gasteiger partial charge >= 0.3 is 0 Å². The summed E-state index contributed by atoms with van der Waals surface area (Å²) < 4.78 is 6.80. The van der Waals surface area contributed by atoms with Crippen molar-refractivity contribution in [3.63, 3.8) is 0 Å². The number of carbonyl (C=O) groups is 2. The number of aromatic nitrogens is 2. The number of nitrogens with zero attached hydrogens (tertiary/aromatic N) is 3. The Labute approximate surface area is 153 Å². The summed E-state index contributed by atoms with van der Waals surface area (Å²) in [6.07, 6.45) is 6.23. The lowest BCUT2D eigenvalue weighted by molar-refractivity contribution is -0.136. The van der Waals surface area contributed by atoms with Crippen molar-refractivity contribution in [2.75, 3.05) is 38.2 Å². The van der Waals surface area contributed by atoms with Crippen LogP contribution in [-0.4, -0.2) is 59.3 Å². The Morgan fingerprint density at radius 2 is 2.08 bits per heavy atom. The van der Waals surface area contributed by atoms with Crippen LogP contribution in [-0.2, 0) is 20.9 Å². The van der Waals surface area contributed by atoms with Crippen molar-refractivity contribution in [3.05, 3.63) is 12.4 Å². The molecule has 2 amide bonds. The molecule has 1 aromatic rings. The third-order valence-corrected chi connectivity index (χ3v) is 4.86. The number of hydrogen-bond acceptors (Lipinski definition) is 5. The van der Waals surface area contributed by atoms with Crippen LogP contribution in [0.15, 0.2) is 12.4 Å². The Hall–Kier alpha value is -1.64. The number of nitrogens with two attached hydrogens (primary N) is 1. The summed E-state index contributed by atoms with van der Waals surface area (Å²) >= 11 is 0. The number of nitrogens with one attached hydrogen (secondary N) is 1. The minimum Gasteiger partial charge on any atom is -0.378 e. The van der Waals surface area contributed by atoms with Crippen molar-refractivity contribution >= 4 is 29.9 Å². The third kappa shape index (κ3) is 4.93. The molecule has 3 rings (SSSR count). The van der Waals surface area contributed by atoms with Crippen molar-refractivity contribution in [1.29, 1.82) is 0 Å². The molecule has 0 spiro atoms. The van der Waals surface area contributed by atoms with Crippen LogP contribution in [0.25, 0.3) is 0 Å². The van der Waals surface area contributed by atoms with E-state index in [-0.39, 0.29) is 42.6 Å². The van der Waals surface area contributed by atoms with Crippen molar-refractivity contribution in [1.82, 2.24) is 14.7 Å². The van der Waals surface area contributed by atoms with E-state index in [2.05, 4.69) is 10.4 Å². The molecule has 0 bridgehead atoms. The molecule has 9 heteroatoms. The number of ether oxygens (including phenoxy) is 1. The minimum atomic E-state index is -0.0201. The van der Waals surface area contributed by atoms with Crippen molar-refractivity contribution in [3.8, 4) is 0 Å². The quantitative estimate of drug-likeness (QED) is 0.783. The van der Waals surface area contributed by atoms with Gasteiger partial charge in [0.2, 0.25) is 11.8 Å². The maximum atomic E-state index is 12.4. The van der Waals surface area contributed by atoms with E-state index in [4.69, 9.17) is 10.5 Å². The Bertz CT molecular complexity index is 588. The number of morpholine rings is 1. The fraction of sp³-hybridized carbons (Fsp3) is 0.688. The first-order valence-corrected chi connectivity index (χ1v) is 8.56. The van der Waals surface area contributed by atoms with Crippen LogP contribution in [0.2, 0.25) is 0 Å². The molecule has 1 saturated carbocycles. The lowest BCUT2D eigenvalue weighted by Crippen LogP contribution is -2.42. The van der Waals surface area contributed by atoms with Crippen LogP contribution < -0.4 is 11.1 Å². The molecule has 2 aliphatic rings.